The maximum absolute atomic E-state index is 13.1. The van der Waals surface area contributed by atoms with Crippen molar-refractivity contribution in [2.24, 2.45) is 4.99 Å². The zero-order valence-corrected chi connectivity index (χ0v) is 21.4. The number of likely N-dealkylation sites (tertiary alicyclic amines) is 1. The van der Waals surface area contributed by atoms with E-state index < -0.39 is 0 Å². The highest BCUT2D eigenvalue weighted by atomic mass is 127. The van der Waals surface area contributed by atoms with Gasteiger partial charge < -0.3 is 15.1 Å². The summed E-state index contributed by atoms with van der Waals surface area (Å²) in [5.74, 6) is 1.94. The zero-order chi connectivity index (χ0) is 22.3. The van der Waals surface area contributed by atoms with Crippen LogP contribution in [-0.4, -0.2) is 42.0 Å². The fourth-order valence-electron chi connectivity index (χ4n) is 3.87. The molecule has 1 aliphatic heterocycles. The Kier molecular flexibility index (Phi) is 9.25. The molecule has 0 aliphatic carbocycles. The Morgan fingerprint density at radius 3 is 2.48 bits per heavy atom. The molecule has 0 amide bonds. The van der Waals surface area contributed by atoms with Gasteiger partial charge in [-0.05, 0) is 37.5 Å². The highest BCUT2D eigenvalue weighted by Crippen LogP contribution is 2.20. The van der Waals surface area contributed by atoms with E-state index in [1.165, 1.54) is 17.7 Å². The molecule has 1 fully saturated rings. The van der Waals surface area contributed by atoms with Gasteiger partial charge in [0, 0.05) is 38.3 Å². The van der Waals surface area contributed by atoms with E-state index in [1.807, 2.05) is 24.3 Å². The quantitative estimate of drug-likeness (QED) is 0.258. The molecule has 1 aliphatic rings. The third-order valence-electron chi connectivity index (χ3n) is 5.77. The Labute approximate surface area is 211 Å². The third-order valence-corrected chi connectivity index (χ3v) is 5.77. The van der Waals surface area contributed by atoms with Crippen LogP contribution in [0.25, 0.3) is 11.3 Å². The Bertz CT molecular complexity index is 1030. The van der Waals surface area contributed by atoms with Gasteiger partial charge in [0.1, 0.15) is 5.82 Å². The number of halogens is 2. The summed E-state index contributed by atoms with van der Waals surface area (Å²) in [6, 6.07) is 15.3. The first-order valence-electron chi connectivity index (χ1n) is 11.0. The van der Waals surface area contributed by atoms with E-state index in [0.717, 1.165) is 55.3 Å². The third kappa shape index (κ3) is 7.26. The van der Waals surface area contributed by atoms with Crippen LogP contribution >= 0.6 is 24.0 Å². The van der Waals surface area contributed by atoms with Crippen LogP contribution in [0.3, 0.4) is 0 Å². The number of rotatable bonds is 6. The molecule has 3 aromatic rings. The smallest absolute Gasteiger partial charge is 0.214 e. The average Bonchev–Trinajstić information content (AvgIpc) is 3.29. The van der Waals surface area contributed by atoms with Gasteiger partial charge in [-0.2, -0.15) is 0 Å². The molecule has 1 saturated heterocycles. The fraction of sp³-hybridized carbons (Fsp3) is 0.360. The standard InChI is InChI=1S/C25H30FN5O.HI/c1-18-3-7-20(8-4-18)23-15-28-24(32-23)16-29-25(27-2)30-22-11-13-31(14-12-22)17-19-5-9-21(26)10-6-19;/h3-10,15,22H,11-14,16-17H2,1-2H3,(H2,27,29,30);1H. The second-order valence-electron chi connectivity index (χ2n) is 8.23. The molecular formula is C25H31FIN5O. The largest absolute Gasteiger partial charge is 0.439 e. The van der Waals surface area contributed by atoms with Gasteiger partial charge in [-0.25, -0.2) is 9.37 Å². The van der Waals surface area contributed by atoms with Gasteiger partial charge in [0.15, 0.2) is 11.7 Å². The van der Waals surface area contributed by atoms with E-state index in [2.05, 4.69) is 44.6 Å². The molecule has 2 aromatic carbocycles. The molecule has 0 atom stereocenters. The van der Waals surface area contributed by atoms with Crippen LogP contribution < -0.4 is 10.6 Å². The number of hydrogen-bond acceptors (Lipinski definition) is 4. The minimum Gasteiger partial charge on any atom is -0.439 e. The van der Waals surface area contributed by atoms with E-state index in [1.54, 1.807) is 13.2 Å². The molecule has 176 valence electrons. The summed E-state index contributed by atoms with van der Waals surface area (Å²) < 4.78 is 19.0. The number of guanidine groups is 1. The summed E-state index contributed by atoms with van der Waals surface area (Å²) in [7, 11) is 1.77. The van der Waals surface area contributed by atoms with Crippen LogP contribution in [-0.2, 0) is 13.1 Å². The molecule has 0 saturated carbocycles. The lowest BCUT2D eigenvalue weighted by Gasteiger charge is -2.33. The van der Waals surface area contributed by atoms with Crippen LogP contribution in [0.15, 0.2) is 64.1 Å². The molecule has 1 aromatic heterocycles. The van der Waals surface area contributed by atoms with Crippen molar-refractivity contribution < 1.29 is 8.81 Å². The van der Waals surface area contributed by atoms with Crippen LogP contribution in [0.5, 0.6) is 0 Å². The molecular weight excluding hydrogens is 532 g/mol. The molecule has 2 heterocycles. The molecule has 0 unspecified atom stereocenters. The lowest BCUT2D eigenvalue weighted by molar-refractivity contribution is 0.198. The number of hydrogen-bond donors (Lipinski definition) is 2. The van der Waals surface area contributed by atoms with Gasteiger partial charge >= 0.3 is 0 Å². The maximum atomic E-state index is 13.1. The normalized spacial score (nSPS) is 15.2. The molecule has 0 radical (unpaired) electrons. The number of benzene rings is 2. The van der Waals surface area contributed by atoms with E-state index >= 15 is 0 Å². The van der Waals surface area contributed by atoms with Crippen molar-refractivity contribution in [3.05, 3.63) is 77.6 Å². The first-order chi connectivity index (χ1) is 15.6. The van der Waals surface area contributed by atoms with Crippen molar-refractivity contribution in [1.29, 1.82) is 0 Å². The van der Waals surface area contributed by atoms with E-state index in [4.69, 9.17) is 4.42 Å². The summed E-state index contributed by atoms with van der Waals surface area (Å²) in [6.07, 6.45) is 3.81. The van der Waals surface area contributed by atoms with Crippen molar-refractivity contribution in [3.63, 3.8) is 0 Å². The van der Waals surface area contributed by atoms with Crippen LogP contribution in [0.4, 0.5) is 4.39 Å². The number of oxazole rings is 1. The summed E-state index contributed by atoms with van der Waals surface area (Å²) >= 11 is 0. The summed E-state index contributed by atoms with van der Waals surface area (Å²) in [5.41, 5.74) is 3.38. The number of aromatic nitrogens is 1. The van der Waals surface area contributed by atoms with Gasteiger partial charge in [-0.1, -0.05) is 42.0 Å². The SMILES string of the molecule is CN=C(NCc1ncc(-c2ccc(C)cc2)o1)NC1CCN(Cc2ccc(F)cc2)CC1.I. The van der Waals surface area contributed by atoms with Gasteiger partial charge in [0.2, 0.25) is 5.89 Å². The van der Waals surface area contributed by atoms with Gasteiger partial charge in [0.05, 0.1) is 12.7 Å². The molecule has 0 bridgehead atoms. The Morgan fingerprint density at radius 1 is 1.12 bits per heavy atom. The zero-order valence-electron chi connectivity index (χ0n) is 19.1. The average molecular weight is 563 g/mol. The van der Waals surface area contributed by atoms with E-state index in [0.29, 0.717) is 18.5 Å². The highest BCUT2D eigenvalue weighted by Gasteiger charge is 2.20. The maximum Gasteiger partial charge on any atom is 0.214 e. The van der Waals surface area contributed by atoms with Crippen molar-refractivity contribution in [1.82, 2.24) is 20.5 Å². The minimum atomic E-state index is -0.188. The molecule has 33 heavy (non-hydrogen) atoms. The van der Waals surface area contributed by atoms with Crippen molar-refractivity contribution in [2.75, 3.05) is 20.1 Å². The topological polar surface area (TPSA) is 65.7 Å². The number of nitrogens with zero attached hydrogens (tertiary/aromatic N) is 3. The number of aryl methyl sites for hydroxylation is 1. The molecule has 4 rings (SSSR count). The number of piperidine rings is 1. The molecule has 0 spiro atoms. The minimum absolute atomic E-state index is 0. The molecule has 8 heteroatoms. The van der Waals surface area contributed by atoms with E-state index in [-0.39, 0.29) is 29.8 Å². The van der Waals surface area contributed by atoms with E-state index in [9.17, 15) is 4.39 Å². The van der Waals surface area contributed by atoms with Crippen molar-refractivity contribution >= 4 is 29.9 Å². The summed E-state index contributed by atoms with van der Waals surface area (Å²) in [4.78, 5) is 11.1. The second-order valence-corrected chi connectivity index (χ2v) is 8.23. The summed E-state index contributed by atoms with van der Waals surface area (Å²) in [5, 5.41) is 6.80. The number of nitrogens with one attached hydrogen (secondary N) is 2. The van der Waals surface area contributed by atoms with Crippen molar-refractivity contribution in [3.8, 4) is 11.3 Å². The lowest BCUT2D eigenvalue weighted by Crippen LogP contribution is -2.48. The van der Waals surface area contributed by atoms with Crippen LogP contribution in [0, 0.1) is 12.7 Å². The summed E-state index contributed by atoms with van der Waals surface area (Å²) in [6.45, 7) is 5.37. The Morgan fingerprint density at radius 2 is 1.82 bits per heavy atom. The second kappa shape index (κ2) is 12.1. The highest BCUT2D eigenvalue weighted by molar-refractivity contribution is 14.0. The van der Waals surface area contributed by atoms with Gasteiger partial charge in [-0.15, -0.1) is 24.0 Å². The Hall–Kier alpha value is -2.46. The van der Waals surface area contributed by atoms with Gasteiger partial charge in [0.25, 0.3) is 0 Å². The first-order valence-corrected chi connectivity index (χ1v) is 11.0. The molecule has 2 N–H and O–H groups in total. The first kappa shape index (κ1) is 25.2. The predicted molar refractivity (Wildman–Crippen MR) is 140 cm³/mol. The van der Waals surface area contributed by atoms with Crippen LogP contribution in [0.2, 0.25) is 0 Å². The van der Waals surface area contributed by atoms with Gasteiger partial charge in [-0.3, -0.25) is 9.89 Å². The predicted octanol–water partition coefficient (Wildman–Crippen LogP) is 4.74. The fourth-order valence-corrected chi connectivity index (χ4v) is 3.87. The Balaban J connectivity index is 0.00000306. The monoisotopic (exact) mass is 563 g/mol. The number of aliphatic imine (C=N–C) groups is 1. The van der Waals surface area contributed by atoms with Crippen LogP contribution in [0.1, 0.15) is 29.9 Å². The van der Waals surface area contributed by atoms with Crippen molar-refractivity contribution in [2.45, 2.75) is 38.9 Å². The molecule has 6 nitrogen and oxygen atoms in total. The lowest BCUT2D eigenvalue weighted by atomic mass is 10.0.